The van der Waals surface area contributed by atoms with Crippen molar-refractivity contribution in [2.45, 2.75) is 48.7 Å². The van der Waals surface area contributed by atoms with Gasteiger partial charge in [-0.05, 0) is 22.8 Å². The molecule has 138 valence electrons. The van der Waals surface area contributed by atoms with Crippen LogP contribution in [0.4, 0.5) is 0 Å². The molecular formula is C19H22NO4S2+. The number of rotatable bonds is 4. The fourth-order valence-corrected chi connectivity index (χ4v) is 4.94. The summed E-state index contributed by atoms with van der Waals surface area (Å²) < 4.78 is 103. The molecule has 2 aromatic heterocycles. The molecule has 3 fully saturated rings. The number of thiophene rings is 2. The number of epoxide rings is 1. The largest absolute Gasteiger partial charge is 0.459 e. The highest BCUT2D eigenvalue weighted by Crippen LogP contribution is 2.52. The molecule has 3 aliphatic rings. The van der Waals surface area contributed by atoms with Crippen LogP contribution in [0.25, 0.3) is 0 Å². The summed E-state index contributed by atoms with van der Waals surface area (Å²) in [6, 6.07) is -5.00. The van der Waals surface area contributed by atoms with E-state index in [1.807, 2.05) is 0 Å². The monoisotopic (exact) mass is 403 g/mol. The van der Waals surface area contributed by atoms with E-state index in [2.05, 4.69) is 0 Å². The molecule has 4 atom stereocenters. The molecule has 0 aliphatic carbocycles. The molecular weight excluding hydrogens is 370 g/mol. The van der Waals surface area contributed by atoms with E-state index in [0.717, 1.165) is 0 Å². The Balaban J connectivity index is 1.68. The first kappa shape index (κ1) is 8.84. The molecule has 3 aliphatic heterocycles. The van der Waals surface area contributed by atoms with Crippen molar-refractivity contribution in [1.29, 1.82) is 0 Å². The highest BCUT2D eigenvalue weighted by Gasteiger charge is 2.71. The van der Waals surface area contributed by atoms with Gasteiger partial charge < -0.3 is 19.1 Å². The second-order valence-corrected chi connectivity index (χ2v) is 8.50. The fraction of sp³-hybridized carbons (Fsp3) is 0.526. The van der Waals surface area contributed by atoms with Crippen LogP contribution in [-0.2, 0) is 19.9 Å². The molecule has 5 rings (SSSR count). The van der Waals surface area contributed by atoms with E-state index in [1.165, 1.54) is 0 Å². The van der Waals surface area contributed by atoms with Crippen LogP contribution >= 0.6 is 22.7 Å². The van der Waals surface area contributed by atoms with Crippen molar-refractivity contribution in [3.05, 3.63) is 44.6 Å². The van der Waals surface area contributed by atoms with Gasteiger partial charge in [0.15, 0.2) is 0 Å². The summed E-state index contributed by atoms with van der Waals surface area (Å²) in [5.41, 5.74) is -3.17. The normalized spacial score (nSPS) is 47.1. The lowest BCUT2D eigenvalue weighted by Gasteiger charge is -2.45. The van der Waals surface area contributed by atoms with Crippen molar-refractivity contribution in [2.24, 2.45) is 0 Å². The van der Waals surface area contributed by atoms with E-state index >= 15 is 0 Å². The third-order valence-corrected chi connectivity index (χ3v) is 6.69. The number of hydrogen-bond acceptors (Lipinski definition) is 6. The van der Waals surface area contributed by atoms with Crippen molar-refractivity contribution >= 4 is 28.6 Å². The minimum Gasteiger partial charge on any atom is -0.459 e. The number of carbonyl (C=O) groups excluding carboxylic acids is 1. The van der Waals surface area contributed by atoms with Gasteiger partial charge in [-0.3, -0.25) is 0 Å². The number of quaternary nitrogens is 1. The molecule has 5 heterocycles. The number of fused-ring (bicyclic) bond motifs is 5. The van der Waals surface area contributed by atoms with Gasteiger partial charge in [0.05, 0.1) is 33.4 Å². The molecule has 3 saturated heterocycles. The average molecular weight is 404 g/mol. The first-order valence-electron chi connectivity index (χ1n) is 13.4. The Kier molecular flexibility index (Phi) is 1.91. The van der Waals surface area contributed by atoms with Gasteiger partial charge in [0, 0.05) is 18.2 Å². The van der Waals surface area contributed by atoms with Gasteiger partial charge in [-0.1, -0.05) is 12.1 Å². The quantitative estimate of drug-likeness (QED) is 0.484. The predicted molar refractivity (Wildman–Crippen MR) is 99.1 cm³/mol. The lowest BCUT2D eigenvalue weighted by atomic mass is 9.95. The maximum atomic E-state index is 13.8. The highest BCUT2D eigenvalue weighted by molar-refractivity contribution is 7.12. The topological polar surface area (TPSA) is 59.1 Å². The van der Waals surface area contributed by atoms with Crippen LogP contribution in [0, 0.1) is 0 Å². The predicted octanol–water partition coefficient (Wildman–Crippen LogP) is 2.35. The van der Waals surface area contributed by atoms with Crippen molar-refractivity contribution in [2.75, 3.05) is 14.1 Å². The first-order valence-corrected chi connectivity index (χ1v) is 9.50. The summed E-state index contributed by atoms with van der Waals surface area (Å²) in [5, 5.41) is 10.8. The lowest BCUT2D eigenvalue weighted by Crippen LogP contribution is -2.60. The van der Waals surface area contributed by atoms with Gasteiger partial charge in [-0.25, -0.2) is 4.79 Å². The number of piperidine rings is 1. The minimum absolute atomic E-state index is 0.170. The van der Waals surface area contributed by atoms with Gasteiger partial charge in [0.2, 0.25) is 5.60 Å². The standard InChI is InChI=1S/C19H22NO4S2/c1-20(2)12-9-11(10-13(20)17-16(12)24-17)23-18(21)19(22,14-5-3-7-25-14)15-6-4-8-26-15/h3-8,11-13,16-17,22H,9-10H2,1-2H3/q+1/i3D,4D,5D,6D,7D,8D,9D2,10D2,11D. The second-order valence-electron chi connectivity index (χ2n) is 6.87. The summed E-state index contributed by atoms with van der Waals surface area (Å²) in [7, 11) is 3.21. The molecule has 0 amide bonds. The molecule has 2 aromatic rings. The van der Waals surface area contributed by atoms with Crippen LogP contribution < -0.4 is 0 Å². The van der Waals surface area contributed by atoms with Crippen molar-refractivity contribution < 1.29 is 38.9 Å². The van der Waals surface area contributed by atoms with E-state index in [9.17, 15) is 9.90 Å². The summed E-state index contributed by atoms with van der Waals surface area (Å²) in [5.74, 6) is -1.80. The maximum absolute atomic E-state index is 13.8. The molecule has 4 unspecified atom stereocenters. The SMILES string of the molecule is [2H]c1sc(C(O)(C(=O)OC2([2H])C([2H])([2H])C3C4OC4C(C2([2H])[2H])[N+]3(C)C)c2sc([2H])c([2H])c2[2H])c([2H])c1[2H]. The van der Waals surface area contributed by atoms with Gasteiger partial charge in [0.1, 0.15) is 30.4 Å². The third-order valence-electron chi connectivity index (χ3n) is 5.08. The summed E-state index contributed by atoms with van der Waals surface area (Å²) in [4.78, 5) is 12.5. The Hall–Kier alpha value is -1.25. The summed E-state index contributed by atoms with van der Waals surface area (Å²) >= 11 is 0.692. The maximum Gasteiger partial charge on any atom is 0.349 e. The zero-order valence-corrected chi connectivity index (χ0v) is 15.4. The Morgan fingerprint density at radius 3 is 2.31 bits per heavy atom. The van der Waals surface area contributed by atoms with Gasteiger partial charge in [-0.15, -0.1) is 22.7 Å². The van der Waals surface area contributed by atoms with Gasteiger partial charge in [0.25, 0.3) is 0 Å². The zero-order chi connectivity index (χ0) is 27.8. The van der Waals surface area contributed by atoms with Crippen molar-refractivity contribution in [1.82, 2.24) is 0 Å². The van der Waals surface area contributed by atoms with Crippen LogP contribution in [-0.4, -0.2) is 60.0 Å². The summed E-state index contributed by atoms with van der Waals surface area (Å²) in [6.45, 7) is 0. The van der Waals surface area contributed by atoms with E-state index < -0.39 is 99.3 Å². The van der Waals surface area contributed by atoms with E-state index in [4.69, 9.17) is 24.6 Å². The first-order chi connectivity index (χ1) is 16.8. The van der Waals surface area contributed by atoms with Gasteiger partial charge in [-0.2, -0.15) is 0 Å². The molecule has 0 saturated carbocycles. The molecule has 1 N–H and O–H groups in total. The molecule has 26 heavy (non-hydrogen) atoms. The van der Waals surface area contributed by atoms with Crippen LogP contribution in [0.1, 0.15) is 37.6 Å². The van der Waals surface area contributed by atoms with Crippen LogP contribution in [0.2, 0.25) is 0 Å². The third kappa shape index (κ3) is 2.28. The molecule has 2 bridgehead atoms. The minimum atomic E-state index is -3.22. The van der Waals surface area contributed by atoms with E-state index in [0.29, 0.717) is 22.7 Å². The highest BCUT2D eigenvalue weighted by atomic mass is 32.1. The number of morpholine rings is 1. The average Bonchev–Trinajstić information content (AvgIpc) is 3.33. The number of likely N-dealkylation sites (N-methyl/N-ethyl adjacent to an activating group) is 1. The Bertz CT molecular complexity index is 1260. The number of aliphatic hydroxyl groups is 1. The Labute approximate surface area is 175 Å². The number of hydrogen-bond donors (Lipinski definition) is 1. The Morgan fingerprint density at radius 2 is 1.85 bits per heavy atom. The van der Waals surface area contributed by atoms with Crippen molar-refractivity contribution in [3.63, 3.8) is 0 Å². The van der Waals surface area contributed by atoms with E-state index in [-0.39, 0.29) is 4.48 Å². The Morgan fingerprint density at radius 1 is 1.31 bits per heavy atom. The molecule has 0 aromatic carbocycles. The van der Waals surface area contributed by atoms with E-state index in [1.54, 1.807) is 14.1 Å². The molecule has 0 radical (unpaired) electrons. The number of nitrogens with zero attached hydrogens (tertiary/aromatic N) is 1. The van der Waals surface area contributed by atoms with Crippen LogP contribution in [0.5, 0.6) is 0 Å². The number of ether oxygens (including phenoxy) is 2. The van der Waals surface area contributed by atoms with Crippen LogP contribution in [0.3, 0.4) is 0 Å². The lowest BCUT2D eigenvalue weighted by molar-refractivity contribution is -0.938. The van der Waals surface area contributed by atoms with Gasteiger partial charge >= 0.3 is 5.97 Å². The number of carbonyl (C=O) groups is 1. The zero-order valence-electron chi connectivity index (χ0n) is 24.7. The van der Waals surface area contributed by atoms with Crippen LogP contribution in [0.15, 0.2) is 34.9 Å². The number of esters is 1. The fourth-order valence-electron chi connectivity index (χ4n) is 3.59. The smallest absolute Gasteiger partial charge is 0.349 e. The summed E-state index contributed by atoms with van der Waals surface area (Å²) in [6.07, 6.45) is -10.3. The van der Waals surface area contributed by atoms with Crippen molar-refractivity contribution in [3.8, 4) is 0 Å². The molecule has 5 nitrogen and oxygen atoms in total. The molecule has 0 spiro atoms. The molecule has 7 heteroatoms. The second kappa shape index (κ2) is 5.62.